The molecule has 0 aliphatic rings. The monoisotopic (exact) mass is 378 g/mol. The summed E-state index contributed by atoms with van der Waals surface area (Å²) < 4.78 is 17.1. The standard InChI is InChI=1S/C21H18N2O5/c1-23-18-11-15(27-3)7-5-13(18)9-19(23)21(25)28-20(24)17-8-12-4-6-14(26-2)10-16(12)22-17/h4-11,22H,1-3H3. The summed E-state index contributed by atoms with van der Waals surface area (Å²) >= 11 is 0. The van der Waals surface area contributed by atoms with E-state index in [1.54, 1.807) is 56.2 Å². The summed E-state index contributed by atoms with van der Waals surface area (Å²) in [5.41, 5.74) is 1.98. The number of hydrogen-bond donors (Lipinski definition) is 1. The van der Waals surface area contributed by atoms with Crippen molar-refractivity contribution in [2.45, 2.75) is 0 Å². The number of H-pyrrole nitrogens is 1. The minimum atomic E-state index is -0.747. The number of nitrogens with zero attached hydrogens (tertiary/aromatic N) is 1. The lowest BCUT2D eigenvalue weighted by molar-refractivity contribution is 0.0388. The van der Waals surface area contributed by atoms with Gasteiger partial charge in [-0.25, -0.2) is 9.59 Å². The molecule has 0 fully saturated rings. The van der Waals surface area contributed by atoms with Crippen LogP contribution in [0.25, 0.3) is 21.8 Å². The first-order valence-electron chi connectivity index (χ1n) is 8.57. The van der Waals surface area contributed by atoms with Crippen LogP contribution in [-0.4, -0.2) is 35.7 Å². The van der Waals surface area contributed by atoms with E-state index in [0.717, 1.165) is 21.8 Å². The second-order valence-corrected chi connectivity index (χ2v) is 6.33. The molecule has 0 aliphatic carbocycles. The maximum Gasteiger partial charge on any atom is 0.362 e. The van der Waals surface area contributed by atoms with Gasteiger partial charge < -0.3 is 23.8 Å². The van der Waals surface area contributed by atoms with Gasteiger partial charge in [-0.15, -0.1) is 0 Å². The van der Waals surface area contributed by atoms with Gasteiger partial charge in [-0.3, -0.25) is 0 Å². The average Bonchev–Trinajstić information content (AvgIpc) is 3.28. The summed E-state index contributed by atoms with van der Waals surface area (Å²) in [6.45, 7) is 0. The van der Waals surface area contributed by atoms with E-state index < -0.39 is 11.9 Å². The lowest BCUT2D eigenvalue weighted by Crippen LogP contribution is -2.15. The molecule has 0 saturated heterocycles. The molecule has 28 heavy (non-hydrogen) atoms. The van der Waals surface area contributed by atoms with E-state index in [0.29, 0.717) is 11.5 Å². The second-order valence-electron chi connectivity index (χ2n) is 6.33. The van der Waals surface area contributed by atoms with Crippen molar-refractivity contribution in [3.8, 4) is 11.5 Å². The molecule has 0 aliphatic heterocycles. The van der Waals surface area contributed by atoms with Gasteiger partial charge in [-0.05, 0) is 36.4 Å². The third-order valence-corrected chi connectivity index (χ3v) is 4.70. The molecular formula is C21H18N2O5. The minimum absolute atomic E-state index is 0.192. The summed E-state index contributed by atoms with van der Waals surface area (Å²) in [6.07, 6.45) is 0. The molecular weight excluding hydrogens is 360 g/mol. The molecule has 2 aromatic carbocycles. The van der Waals surface area contributed by atoms with Gasteiger partial charge in [0.2, 0.25) is 0 Å². The molecule has 0 atom stereocenters. The number of carbonyl (C=O) groups excluding carboxylic acids is 2. The smallest absolute Gasteiger partial charge is 0.362 e. The molecule has 4 aromatic rings. The number of benzene rings is 2. The fourth-order valence-corrected chi connectivity index (χ4v) is 3.17. The van der Waals surface area contributed by atoms with Crippen molar-refractivity contribution in [2.75, 3.05) is 14.2 Å². The number of carbonyl (C=O) groups is 2. The Hall–Kier alpha value is -3.74. The summed E-state index contributed by atoms with van der Waals surface area (Å²) in [5, 5.41) is 1.66. The normalized spacial score (nSPS) is 11.0. The quantitative estimate of drug-likeness (QED) is 0.433. The summed E-state index contributed by atoms with van der Waals surface area (Å²) in [5.74, 6) is -0.128. The Morgan fingerprint density at radius 2 is 1.54 bits per heavy atom. The van der Waals surface area contributed by atoms with Crippen LogP contribution in [0.15, 0.2) is 48.5 Å². The predicted octanol–water partition coefficient (Wildman–Crippen LogP) is 3.67. The highest BCUT2D eigenvalue weighted by molar-refractivity contribution is 6.05. The maximum atomic E-state index is 12.6. The van der Waals surface area contributed by atoms with Crippen LogP contribution in [0, 0.1) is 0 Å². The van der Waals surface area contributed by atoms with E-state index in [2.05, 4.69) is 4.98 Å². The Balaban J connectivity index is 1.60. The van der Waals surface area contributed by atoms with Crippen LogP contribution in [-0.2, 0) is 11.8 Å². The fraction of sp³-hybridized carbons (Fsp3) is 0.143. The number of aryl methyl sites for hydroxylation is 1. The van der Waals surface area contributed by atoms with Gasteiger partial charge >= 0.3 is 11.9 Å². The number of aromatic amines is 1. The number of fused-ring (bicyclic) bond motifs is 2. The van der Waals surface area contributed by atoms with Gasteiger partial charge in [-0.2, -0.15) is 0 Å². The number of ether oxygens (including phenoxy) is 3. The van der Waals surface area contributed by atoms with Crippen molar-refractivity contribution in [3.63, 3.8) is 0 Å². The van der Waals surface area contributed by atoms with Crippen molar-refractivity contribution >= 4 is 33.7 Å². The Labute approximate surface area is 160 Å². The van der Waals surface area contributed by atoms with Crippen LogP contribution in [0.4, 0.5) is 0 Å². The number of aromatic nitrogens is 2. The molecule has 2 aromatic heterocycles. The molecule has 4 rings (SSSR count). The molecule has 7 nitrogen and oxygen atoms in total. The summed E-state index contributed by atoms with van der Waals surface area (Å²) in [4.78, 5) is 28.0. The molecule has 2 heterocycles. The van der Waals surface area contributed by atoms with Gasteiger partial charge in [0.05, 0.1) is 19.7 Å². The van der Waals surface area contributed by atoms with E-state index in [1.165, 1.54) is 0 Å². The Morgan fingerprint density at radius 3 is 2.25 bits per heavy atom. The van der Waals surface area contributed by atoms with Crippen molar-refractivity contribution in [2.24, 2.45) is 7.05 Å². The highest BCUT2D eigenvalue weighted by atomic mass is 16.6. The van der Waals surface area contributed by atoms with Crippen molar-refractivity contribution in [1.29, 1.82) is 0 Å². The van der Waals surface area contributed by atoms with Crippen LogP contribution in [0.3, 0.4) is 0 Å². The zero-order chi connectivity index (χ0) is 19.8. The molecule has 0 spiro atoms. The fourth-order valence-electron chi connectivity index (χ4n) is 3.17. The Morgan fingerprint density at radius 1 is 0.857 bits per heavy atom. The van der Waals surface area contributed by atoms with Gasteiger partial charge in [-0.1, -0.05) is 0 Å². The lowest BCUT2D eigenvalue weighted by Gasteiger charge is -2.04. The van der Waals surface area contributed by atoms with Crippen LogP contribution >= 0.6 is 0 Å². The first-order chi connectivity index (χ1) is 13.5. The van der Waals surface area contributed by atoms with E-state index in [9.17, 15) is 9.59 Å². The van der Waals surface area contributed by atoms with E-state index >= 15 is 0 Å². The zero-order valence-electron chi connectivity index (χ0n) is 15.6. The van der Waals surface area contributed by atoms with Gasteiger partial charge in [0.15, 0.2) is 0 Å². The van der Waals surface area contributed by atoms with E-state index in [4.69, 9.17) is 14.2 Å². The van der Waals surface area contributed by atoms with Crippen molar-refractivity contribution < 1.29 is 23.8 Å². The molecule has 0 bridgehead atoms. The molecule has 0 saturated carbocycles. The van der Waals surface area contributed by atoms with Gasteiger partial charge in [0, 0.05) is 35.5 Å². The number of nitrogens with one attached hydrogen (secondary N) is 1. The van der Waals surface area contributed by atoms with Gasteiger partial charge in [0.25, 0.3) is 0 Å². The van der Waals surface area contributed by atoms with Crippen LogP contribution < -0.4 is 9.47 Å². The largest absolute Gasteiger partial charge is 0.497 e. The van der Waals surface area contributed by atoms with E-state index in [1.807, 2.05) is 18.2 Å². The minimum Gasteiger partial charge on any atom is -0.497 e. The van der Waals surface area contributed by atoms with Crippen molar-refractivity contribution in [1.82, 2.24) is 9.55 Å². The van der Waals surface area contributed by atoms with Crippen molar-refractivity contribution in [3.05, 3.63) is 59.9 Å². The van der Waals surface area contributed by atoms with Crippen LogP contribution in [0.5, 0.6) is 11.5 Å². The molecule has 7 heteroatoms. The van der Waals surface area contributed by atoms with E-state index in [-0.39, 0.29) is 11.4 Å². The number of methoxy groups -OCH3 is 2. The predicted molar refractivity (Wildman–Crippen MR) is 104 cm³/mol. The molecule has 0 radical (unpaired) electrons. The third kappa shape index (κ3) is 2.96. The second kappa shape index (κ2) is 6.77. The number of hydrogen-bond acceptors (Lipinski definition) is 5. The first-order valence-corrected chi connectivity index (χ1v) is 8.57. The highest BCUT2D eigenvalue weighted by Crippen LogP contribution is 2.25. The summed E-state index contributed by atoms with van der Waals surface area (Å²) in [6, 6.07) is 14.2. The SMILES string of the molecule is COc1ccc2cc(C(=O)OC(=O)c3cc4ccc(OC)cc4n3C)[nH]c2c1. The van der Waals surface area contributed by atoms with Crippen LogP contribution in [0.2, 0.25) is 0 Å². The molecule has 0 amide bonds. The lowest BCUT2D eigenvalue weighted by atomic mass is 10.2. The number of esters is 2. The Bertz CT molecular complexity index is 1220. The molecule has 0 unspecified atom stereocenters. The van der Waals surface area contributed by atoms with Gasteiger partial charge in [0.1, 0.15) is 22.9 Å². The average molecular weight is 378 g/mol. The maximum absolute atomic E-state index is 12.6. The zero-order valence-corrected chi connectivity index (χ0v) is 15.6. The highest BCUT2D eigenvalue weighted by Gasteiger charge is 2.21. The van der Waals surface area contributed by atoms with Crippen LogP contribution in [0.1, 0.15) is 21.0 Å². The summed E-state index contributed by atoms with van der Waals surface area (Å²) in [7, 11) is 4.88. The third-order valence-electron chi connectivity index (χ3n) is 4.70. The molecule has 142 valence electrons. The topological polar surface area (TPSA) is 82.5 Å². The number of rotatable bonds is 4. The Kier molecular flexibility index (Phi) is 4.27. The first kappa shape index (κ1) is 17.7. The molecule has 1 N–H and O–H groups in total.